The number of anilines is 2. The maximum absolute atomic E-state index is 13.2. The fourth-order valence-electron chi connectivity index (χ4n) is 4.59. The summed E-state index contributed by atoms with van der Waals surface area (Å²) in [5.41, 5.74) is 3.73. The standard InChI is InChI=1S/C24H25N5O2/c1-27-22(30)16-20(17-6-11-25-12-7-17)26-24(27)28-13-8-19(9-14-28)23(31)29-15-10-18-4-2-3-5-21(18)29/h2-7,11-12,16,19H,8-10,13-15H2,1H3. The van der Waals surface area contributed by atoms with Crippen LogP contribution in [0, 0.1) is 5.92 Å². The predicted octanol–water partition coefficient (Wildman–Crippen LogP) is 2.65. The van der Waals surface area contributed by atoms with E-state index in [1.54, 1.807) is 30.1 Å². The van der Waals surface area contributed by atoms with E-state index < -0.39 is 0 Å². The maximum Gasteiger partial charge on any atom is 0.255 e. The summed E-state index contributed by atoms with van der Waals surface area (Å²) in [5, 5.41) is 0. The largest absolute Gasteiger partial charge is 0.342 e. The third-order valence-electron chi connectivity index (χ3n) is 6.37. The van der Waals surface area contributed by atoms with Gasteiger partial charge < -0.3 is 9.80 Å². The second-order valence-electron chi connectivity index (χ2n) is 8.20. The number of benzene rings is 1. The van der Waals surface area contributed by atoms with Crippen molar-refractivity contribution >= 4 is 17.5 Å². The summed E-state index contributed by atoms with van der Waals surface area (Å²) in [6.45, 7) is 2.17. The Kier molecular flexibility index (Phi) is 5.02. The highest BCUT2D eigenvalue weighted by atomic mass is 16.2. The molecule has 1 aromatic carbocycles. The van der Waals surface area contributed by atoms with Gasteiger partial charge in [-0.15, -0.1) is 0 Å². The van der Waals surface area contributed by atoms with E-state index in [2.05, 4.69) is 16.0 Å². The number of aromatic nitrogens is 3. The van der Waals surface area contributed by atoms with Crippen LogP contribution in [-0.2, 0) is 18.3 Å². The minimum absolute atomic E-state index is 0.00261. The predicted molar refractivity (Wildman–Crippen MR) is 120 cm³/mol. The van der Waals surface area contributed by atoms with E-state index in [0.717, 1.165) is 37.1 Å². The zero-order chi connectivity index (χ0) is 21.4. The lowest BCUT2D eigenvalue weighted by molar-refractivity contribution is -0.122. The van der Waals surface area contributed by atoms with Crippen molar-refractivity contribution in [2.45, 2.75) is 19.3 Å². The van der Waals surface area contributed by atoms with Gasteiger partial charge in [-0.25, -0.2) is 4.98 Å². The van der Waals surface area contributed by atoms with Crippen LogP contribution in [0.5, 0.6) is 0 Å². The zero-order valence-electron chi connectivity index (χ0n) is 17.6. The molecular weight excluding hydrogens is 390 g/mol. The van der Waals surface area contributed by atoms with Gasteiger partial charge in [0.05, 0.1) is 5.69 Å². The van der Waals surface area contributed by atoms with Crippen LogP contribution in [0.4, 0.5) is 11.6 Å². The van der Waals surface area contributed by atoms with Crippen LogP contribution in [0.1, 0.15) is 18.4 Å². The van der Waals surface area contributed by atoms with Gasteiger partial charge in [0.1, 0.15) is 0 Å². The minimum atomic E-state index is -0.0938. The van der Waals surface area contributed by atoms with Crippen molar-refractivity contribution < 1.29 is 4.79 Å². The molecule has 2 aliphatic rings. The van der Waals surface area contributed by atoms with E-state index in [0.29, 0.717) is 24.7 Å². The Balaban J connectivity index is 1.33. The van der Waals surface area contributed by atoms with E-state index in [9.17, 15) is 9.59 Å². The molecule has 0 atom stereocenters. The molecule has 1 fully saturated rings. The number of hydrogen-bond acceptors (Lipinski definition) is 5. The van der Waals surface area contributed by atoms with Gasteiger partial charge in [-0.1, -0.05) is 18.2 Å². The Morgan fingerprint density at radius 3 is 2.55 bits per heavy atom. The molecule has 0 radical (unpaired) electrons. The van der Waals surface area contributed by atoms with E-state index >= 15 is 0 Å². The molecule has 31 heavy (non-hydrogen) atoms. The van der Waals surface area contributed by atoms with Gasteiger partial charge in [0.15, 0.2) is 0 Å². The molecule has 2 aromatic heterocycles. The smallest absolute Gasteiger partial charge is 0.255 e. The van der Waals surface area contributed by atoms with Crippen molar-refractivity contribution in [2.75, 3.05) is 29.4 Å². The Morgan fingerprint density at radius 1 is 1.03 bits per heavy atom. The summed E-state index contributed by atoms with van der Waals surface area (Å²) in [6, 6.07) is 13.4. The number of hydrogen-bond donors (Lipinski definition) is 0. The van der Waals surface area contributed by atoms with Crippen LogP contribution in [0.2, 0.25) is 0 Å². The number of amides is 1. The molecule has 0 saturated carbocycles. The van der Waals surface area contributed by atoms with E-state index in [1.165, 1.54) is 5.56 Å². The first-order chi connectivity index (χ1) is 15.1. The number of pyridine rings is 1. The third kappa shape index (κ3) is 3.60. The fourth-order valence-corrected chi connectivity index (χ4v) is 4.59. The average Bonchev–Trinajstić information content (AvgIpc) is 3.25. The lowest BCUT2D eigenvalue weighted by Crippen LogP contribution is -2.43. The molecule has 158 valence electrons. The number of para-hydroxylation sites is 1. The Morgan fingerprint density at radius 2 is 1.77 bits per heavy atom. The first-order valence-corrected chi connectivity index (χ1v) is 10.7. The van der Waals surface area contributed by atoms with E-state index in [4.69, 9.17) is 4.98 Å². The summed E-state index contributed by atoms with van der Waals surface area (Å²) in [5.74, 6) is 0.872. The molecule has 0 aliphatic carbocycles. The summed E-state index contributed by atoms with van der Waals surface area (Å²) >= 11 is 0. The summed E-state index contributed by atoms with van der Waals surface area (Å²) in [4.78, 5) is 38.6. The number of piperidine rings is 1. The van der Waals surface area contributed by atoms with Crippen LogP contribution in [0.15, 0.2) is 59.7 Å². The fraction of sp³-hybridized carbons (Fsp3) is 0.333. The van der Waals surface area contributed by atoms with Gasteiger partial charge in [-0.3, -0.25) is 19.1 Å². The topological polar surface area (TPSA) is 71.3 Å². The normalized spacial score (nSPS) is 16.4. The molecule has 2 aliphatic heterocycles. The zero-order valence-corrected chi connectivity index (χ0v) is 17.6. The van der Waals surface area contributed by atoms with Gasteiger partial charge >= 0.3 is 0 Å². The van der Waals surface area contributed by atoms with Gasteiger partial charge in [0, 0.05) is 62.3 Å². The Bertz CT molecular complexity index is 1170. The van der Waals surface area contributed by atoms with Crippen molar-refractivity contribution in [3.63, 3.8) is 0 Å². The van der Waals surface area contributed by atoms with Crippen LogP contribution < -0.4 is 15.4 Å². The second kappa shape index (κ2) is 7.98. The molecule has 7 nitrogen and oxygen atoms in total. The number of fused-ring (bicyclic) bond motifs is 1. The van der Waals surface area contributed by atoms with E-state index in [-0.39, 0.29) is 17.4 Å². The van der Waals surface area contributed by atoms with Gasteiger partial charge in [0.25, 0.3) is 5.56 Å². The summed E-state index contributed by atoms with van der Waals surface area (Å²) < 4.78 is 1.59. The third-order valence-corrected chi connectivity index (χ3v) is 6.37. The molecule has 5 rings (SSSR count). The summed E-state index contributed by atoms with van der Waals surface area (Å²) in [6.07, 6.45) is 5.83. The molecule has 0 N–H and O–H groups in total. The number of nitrogens with zero attached hydrogens (tertiary/aromatic N) is 5. The molecule has 7 heteroatoms. The Labute approximate surface area is 181 Å². The molecule has 0 spiro atoms. The summed E-state index contributed by atoms with van der Waals surface area (Å²) in [7, 11) is 1.75. The molecule has 1 saturated heterocycles. The molecule has 0 bridgehead atoms. The van der Waals surface area contributed by atoms with Crippen LogP contribution in [-0.4, -0.2) is 40.1 Å². The number of carbonyl (C=O) groups excluding carboxylic acids is 1. The molecular formula is C24H25N5O2. The van der Waals surface area contributed by atoms with Crippen molar-refractivity contribution in [3.8, 4) is 11.3 Å². The van der Waals surface area contributed by atoms with Gasteiger partial charge in [-0.2, -0.15) is 0 Å². The highest BCUT2D eigenvalue weighted by molar-refractivity contribution is 5.97. The minimum Gasteiger partial charge on any atom is -0.342 e. The molecule has 3 aromatic rings. The first kappa shape index (κ1) is 19.5. The second-order valence-corrected chi connectivity index (χ2v) is 8.20. The SMILES string of the molecule is Cn1c(N2CCC(C(=O)N3CCc4ccccc43)CC2)nc(-c2ccncc2)cc1=O. The van der Waals surface area contributed by atoms with Gasteiger partial charge in [-0.05, 0) is 43.0 Å². The number of carbonyl (C=O) groups is 1. The van der Waals surface area contributed by atoms with E-state index in [1.807, 2.05) is 35.2 Å². The number of rotatable bonds is 3. The van der Waals surface area contributed by atoms with Crippen LogP contribution in [0.25, 0.3) is 11.3 Å². The molecule has 1 amide bonds. The molecule has 0 unspecified atom stereocenters. The van der Waals surface area contributed by atoms with Crippen molar-refractivity contribution in [3.05, 3.63) is 70.8 Å². The van der Waals surface area contributed by atoms with Gasteiger partial charge in [0.2, 0.25) is 11.9 Å². The quantitative estimate of drug-likeness (QED) is 0.658. The monoisotopic (exact) mass is 415 g/mol. The lowest BCUT2D eigenvalue weighted by atomic mass is 9.95. The highest BCUT2D eigenvalue weighted by Gasteiger charge is 2.33. The lowest BCUT2D eigenvalue weighted by Gasteiger charge is -2.34. The average molecular weight is 415 g/mol. The molecule has 4 heterocycles. The Hall–Kier alpha value is -3.48. The maximum atomic E-state index is 13.2. The van der Waals surface area contributed by atoms with Crippen LogP contribution >= 0.6 is 0 Å². The van der Waals surface area contributed by atoms with Crippen molar-refractivity contribution in [1.29, 1.82) is 0 Å². The van der Waals surface area contributed by atoms with Crippen molar-refractivity contribution in [1.82, 2.24) is 14.5 Å². The first-order valence-electron chi connectivity index (χ1n) is 10.7. The van der Waals surface area contributed by atoms with Crippen LogP contribution in [0.3, 0.4) is 0 Å². The highest BCUT2D eigenvalue weighted by Crippen LogP contribution is 2.31. The van der Waals surface area contributed by atoms with Crippen molar-refractivity contribution in [2.24, 2.45) is 13.0 Å².